The van der Waals surface area contributed by atoms with Gasteiger partial charge in [-0.1, -0.05) is 24.3 Å². The Morgan fingerprint density at radius 1 is 1.05 bits per heavy atom. The molecule has 0 saturated carbocycles. The van der Waals surface area contributed by atoms with E-state index in [-0.39, 0.29) is 5.56 Å². The monoisotopic (exact) mass is 312 g/mol. The molecule has 0 N–H and O–H groups in total. The summed E-state index contributed by atoms with van der Waals surface area (Å²) >= 11 is 0. The molecule has 0 aliphatic carbocycles. The molecular weight excluding hydrogens is 292 g/mol. The zero-order chi connectivity index (χ0) is 16.8. The SMILES string of the molecule is CC(F)(F)c1ccc(C=C(F)B2OC(C)(C)C(C)(C)O2)cc1. The molecule has 120 valence electrons. The van der Waals surface area contributed by atoms with Crippen LogP contribution in [0, 0.1) is 0 Å². The molecule has 0 bridgehead atoms. The molecule has 2 nitrogen and oxygen atoms in total. The van der Waals surface area contributed by atoms with Crippen LogP contribution in [0.2, 0.25) is 0 Å². The van der Waals surface area contributed by atoms with Crippen LogP contribution in [0.3, 0.4) is 0 Å². The van der Waals surface area contributed by atoms with E-state index in [4.69, 9.17) is 9.31 Å². The van der Waals surface area contributed by atoms with Crippen LogP contribution >= 0.6 is 0 Å². The van der Waals surface area contributed by atoms with Gasteiger partial charge in [0.2, 0.25) is 0 Å². The summed E-state index contributed by atoms with van der Waals surface area (Å²) in [6.07, 6.45) is 1.24. The molecular formula is C16H20BF3O2. The van der Waals surface area contributed by atoms with Gasteiger partial charge >= 0.3 is 7.12 Å². The first-order valence-corrected chi connectivity index (χ1v) is 7.13. The molecule has 22 heavy (non-hydrogen) atoms. The molecule has 1 saturated heterocycles. The fraction of sp³-hybridized carbons (Fsp3) is 0.500. The summed E-state index contributed by atoms with van der Waals surface area (Å²) in [6, 6.07) is 5.45. The molecule has 1 aliphatic rings. The summed E-state index contributed by atoms with van der Waals surface area (Å²) in [4.78, 5) is 0. The third kappa shape index (κ3) is 3.38. The molecule has 0 amide bonds. The minimum absolute atomic E-state index is 0.110. The summed E-state index contributed by atoms with van der Waals surface area (Å²) in [7, 11) is -1.09. The second-order valence-corrected chi connectivity index (χ2v) is 6.63. The van der Waals surface area contributed by atoms with Crippen molar-refractivity contribution in [2.75, 3.05) is 0 Å². The Hall–Kier alpha value is -1.27. The Kier molecular flexibility index (Phi) is 4.21. The van der Waals surface area contributed by atoms with E-state index in [1.165, 1.54) is 30.3 Å². The van der Waals surface area contributed by atoms with Crippen molar-refractivity contribution in [3.05, 3.63) is 41.1 Å². The minimum atomic E-state index is -2.91. The first kappa shape index (κ1) is 17.1. The maximum atomic E-state index is 14.3. The van der Waals surface area contributed by atoms with Crippen molar-refractivity contribution >= 4 is 13.2 Å². The van der Waals surface area contributed by atoms with Gasteiger partial charge in [-0.2, -0.15) is 0 Å². The second kappa shape index (κ2) is 5.42. The van der Waals surface area contributed by atoms with Gasteiger partial charge in [0.1, 0.15) is 5.73 Å². The van der Waals surface area contributed by atoms with E-state index in [2.05, 4.69) is 0 Å². The molecule has 1 aromatic carbocycles. The van der Waals surface area contributed by atoms with Crippen LogP contribution in [0.25, 0.3) is 6.08 Å². The summed E-state index contributed by atoms with van der Waals surface area (Å²) in [5.41, 5.74) is -1.48. The van der Waals surface area contributed by atoms with Crippen molar-refractivity contribution in [1.29, 1.82) is 0 Å². The second-order valence-electron chi connectivity index (χ2n) is 6.63. The van der Waals surface area contributed by atoms with Crippen LogP contribution in [0.4, 0.5) is 13.2 Å². The van der Waals surface area contributed by atoms with Gasteiger partial charge in [-0.05, 0) is 39.3 Å². The molecule has 0 atom stereocenters. The average Bonchev–Trinajstić information content (AvgIpc) is 2.58. The van der Waals surface area contributed by atoms with Gasteiger partial charge in [-0.15, -0.1) is 0 Å². The van der Waals surface area contributed by atoms with Gasteiger partial charge < -0.3 is 9.31 Å². The van der Waals surface area contributed by atoms with E-state index in [1.54, 1.807) is 0 Å². The summed E-state index contributed by atoms with van der Waals surface area (Å²) in [5, 5.41) is 0. The zero-order valence-electron chi connectivity index (χ0n) is 13.4. The Morgan fingerprint density at radius 3 is 1.91 bits per heavy atom. The molecule has 1 aromatic rings. The smallest absolute Gasteiger partial charge is 0.398 e. The topological polar surface area (TPSA) is 18.5 Å². The number of halogens is 3. The highest BCUT2D eigenvalue weighted by Gasteiger charge is 2.53. The number of benzene rings is 1. The first-order valence-electron chi connectivity index (χ1n) is 7.13. The third-order valence-electron chi connectivity index (χ3n) is 4.20. The van der Waals surface area contributed by atoms with Gasteiger partial charge in [0.25, 0.3) is 5.92 Å². The molecule has 1 aliphatic heterocycles. The van der Waals surface area contributed by atoms with Gasteiger partial charge in [-0.25, -0.2) is 13.2 Å². The van der Waals surface area contributed by atoms with Crippen molar-refractivity contribution in [3.8, 4) is 0 Å². The van der Waals surface area contributed by atoms with Crippen LogP contribution < -0.4 is 0 Å². The van der Waals surface area contributed by atoms with Crippen LogP contribution in [0.5, 0.6) is 0 Å². The molecule has 1 fully saturated rings. The predicted octanol–water partition coefficient (Wildman–Crippen LogP) is 4.74. The van der Waals surface area contributed by atoms with Crippen molar-refractivity contribution in [2.24, 2.45) is 0 Å². The van der Waals surface area contributed by atoms with E-state index in [9.17, 15) is 13.2 Å². The lowest BCUT2D eigenvalue weighted by Crippen LogP contribution is -2.41. The zero-order valence-corrected chi connectivity index (χ0v) is 13.4. The Bertz CT molecular complexity index is 558. The highest BCUT2D eigenvalue weighted by molar-refractivity contribution is 6.54. The molecule has 0 spiro atoms. The average molecular weight is 312 g/mol. The van der Waals surface area contributed by atoms with Crippen molar-refractivity contribution in [3.63, 3.8) is 0 Å². The molecule has 0 unspecified atom stereocenters. The lowest BCUT2D eigenvalue weighted by atomic mass is 9.86. The van der Waals surface area contributed by atoms with E-state index in [1.807, 2.05) is 27.7 Å². The lowest BCUT2D eigenvalue weighted by molar-refractivity contribution is 0.00578. The number of rotatable bonds is 3. The van der Waals surface area contributed by atoms with E-state index in [0.29, 0.717) is 5.56 Å². The van der Waals surface area contributed by atoms with Crippen LogP contribution in [-0.4, -0.2) is 18.3 Å². The summed E-state index contributed by atoms with van der Waals surface area (Å²) in [6.45, 7) is 8.15. The Morgan fingerprint density at radius 2 is 1.50 bits per heavy atom. The Balaban J connectivity index is 2.17. The molecule has 0 aromatic heterocycles. The highest BCUT2D eigenvalue weighted by Crippen LogP contribution is 2.39. The van der Waals surface area contributed by atoms with Crippen LogP contribution in [0.1, 0.15) is 45.7 Å². The molecule has 2 rings (SSSR count). The van der Waals surface area contributed by atoms with Crippen LogP contribution in [-0.2, 0) is 15.2 Å². The number of hydrogen-bond acceptors (Lipinski definition) is 2. The van der Waals surface area contributed by atoms with E-state index < -0.39 is 30.0 Å². The molecule has 6 heteroatoms. The summed E-state index contributed by atoms with van der Waals surface area (Å²) in [5.74, 6) is -2.91. The summed E-state index contributed by atoms with van der Waals surface area (Å²) < 4.78 is 51.7. The molecule has 1 heterocycles. The van der Waals surface area contributed by atoms with Gasteiger partial charge in [0.05, 0.1) is 11.2 Å². The van der Waals surface area contributed by atoms with E-state index in [0.717, 1.165) is 6.92 Å². The lowest BCUT2D eigenvalue weighted by Gasteiger charge is -2.32. The standard InChI is InChI=1S/C16H20BF3O2/c1-14(2)15(3,4)22-17(21-14)13(18)10-11-6-8-12(9-7-11)16(5,19)20/h6-10H,1-5H3. The predicted molar refractivity (Wildman–Crippen MR) is 81.2 cm³/mol. The molecule has 0 radical (unpaired) electrons. The largest absolute Gasteiger partial charge is 0.525 e. The van der Waals surface area contributed by atoms with E-state index >= 15 is 0 Å². The van der Waals surface area contributed by atoms with Crippen LogP contribution in [0.15, 0.2) is 30.0 Å². The first-order chi connectivity index (χ1) is 9.92. The maximum absolute atomic E-state index is 14.3. The van der Waals surface area contributed by atoms with Crippen molar-refractivity contribution in [2.45, 2.75) is 51.7 Å². The van der Waals surface area contributed by atoms with Crippen molar-refractivity contribution < 1.29 is 22.5 Å². The quantitative estimate of drug-likeness (QED) is 0.751. The van der Waals surface area contributed by atoms with Gasteiger partial charge in [0, 0.05) is 12.5 Å². The maximum Gasteiger partial charge on any atom is 0.525 e. The van der Waals surface area contributed by atoms with Gasteiger partial charge in [0.15, 0.2) is 0 Å². The Labute approximate surface area is 129 Å². The minimum Gasteiger partial charge on any atom is -0.398 e. The number of alkyl halides is 2. The van der Waals surface area contributed by atoms with Crippen molar-refractivity contribution in [1.82, 2.24) is 0 Å². The third-order valence-corrected chi connectivity index (χ3v) is 4.20. The number of hydrogen-bond donors (Lipinski definition) is 0. The highest BCUT2D eigenvalue weighted by atomic mass is 19.3. The fourth-order valence-electron chi connectivity index (χ4n) is 2.05. The normalized spacial score (nSPS) is 21.3. The fourth-order valence-corrected chi connectivity index (χ4v) is 2.05. The van der Waals surface area contributed by atoms with Gasteiger partial charge in [-0.3, -0.25) is 0 Å².